The lowest BCUT2D eigenvalue weighted by atomic mass is 10.0. The van der Waals surface area contributed by atoms with Gasteiger partial charge in [-0.25, -0.2) is 0 Å². The van der Waals surface area contributed by atoms with Crippen LogP contribution in [0.4, 0.5) is 0 Å². The summed E-state index contributed by atoms with van der Waals surface area (Å²) in [5.74, 6) is -0.361. The van der Waals surface area contributed by atoms with Crippen LogP contribution in [-0.2, 0) is 4.74 Å². The van der Waals surface area contributed by atoms with Crippen LogP contribution in [0.5, 0.6) is 0 Å². The minimum absolute atomic E-state index is 0.361. The fraction of sp³-hybridized carbons (Fsp3) is 0.333. The Morgan fingerprint density at radius 3 is 2.44 bits per heavy atom. The van der Waals surface area contributed by atoms with Gasteiger partial charge in [0.05, 0.1) is 13.2 Å². The van der Waals surface area contributed by atoms with Crippen LogP contribution in [0.25, 0.3) is 10.8 Å². The molecular formula is C18H18Cl3N3O2S. The molecule has 9 heteroatoms. The number of nitrogens with one attached hydrogen (secondary N) is 2. The molecule has 1 atom stereocenters. The Bertz CT molecular complexity index is 833. The quantitative estimate of drug-likeness (QED) is 0.429. The number of benzene rings is 2. The molecular weight excluding hydrogens is 429 g/mol. The van der Waals surface area contributed by atoms with E-state index in [2.05, 4.69) is 10.6 Å². The molecule has 1 fully saturated rings. The smallest absolute Gasteiger partial charge is 0.253 e. The highest BCUT2D eigenvalue weighted by molar-refractivity contribution is 7.80. The SMILES string of the molecule is O=C(N[C@@H](NC(=S)N1CCOCC1)C(Cl)(Cl)Cl)c1cccc2ccccc12. The summed E-state index contributed by atoms with van der Waals surface area (Å²) in [6.07, 6.45) is -0.996. The second kappa shape index (κ2) is 8.80. The number of carbonyl (C=O) groups excluding carboxylic acids is 1. The highest BCUT2D eigenvalue weighted by Gasteiger charge is 2.35. The van der Waals surface area contributed by atoms with Crippen molar-refractivity contribution in [2.75, 3.05) is 26.3 Å². The lowest BCUT2D eigenvalue weighted by molar-refractivity contribution is 0.0671. The summed E-state index contributed by atoms with van der Waals surface area (Å²) in [6.45, 7) is 2.41. The summed E-state index contributed by atoms with van der Waals surface area (Å²) in [4.78, 5) is 14.8. The van der Waals surface area contributed by atoms with E-state index < -0.39 is 9.96 Å². The number of hydrogen-bond acceptors (Lipinski definition) is 3. The molecule has 2 N–H and O–H groups in total. The number of thiocarbonyl (C=S) groups is 1. The molecule has 0 unspecified atom stereocenters. The highest BCUT2D eigenvalue weighted by atomic mass is 35.6. The predicted molar refractivity (Wildman–Crippen MR) is 114 cm³/mol. The fourth-order valence-electron chi connectivity index (χ4n) is 2.81. The first kappa shape index (κ1) is 20.4. The van der Waals surface area contributed by atoms with E-state index >= 15 is 0 Å². The van der Waals surface area contributed by atoms with Gasteiger partial charge in [0.25, 0.3) is 5.91 Å². The minimum atomic E-state index is -1.80. The third kappa shape index (κ3) is 5.15. The molecule has 0 aromatic heterocycles. The van der Waals surface area contributed by atoms with Crippen LogP contribution < -0.4 is 10.6 Å². The van der Waals surface area contributed by atoms with Crippen molar-refractivity contribution in [2.24, 2.45) is 0 Å². The minimum Gasteiger partial charge on any atom is -0.378 e. The summed E-state index contributed by atoms with van der Waals surface area (Å²) in [6, 6.07) is 13.1. The first-order chi connectivity index (χ1) is 12.9. The highest BCUT2D eigenvalue weighted by Crippen LogP contribution is 2.30. The van der Waals surface area contributed by atoms with Crippen LogP contribution in [0.2, 0.25) is 0 Å². The second-order valence-electron chi connectivity index (χ2n) is 6.02. The molecule has 3 rings (SSSR count). The predicted octanol–water partition coefficient (Wildman–Crippen LogP) is 3.47. The van der Waals surface area contributed by atoms with E-state index in [1.807, 2.05) is 41.3 Å². The summed E-state index contributed by atoms with van der Waals surface area (Å²) in [7, 11) is 0. The van der Waals surface area contributed by atoms with Gasteiger partial charge in [-0.2, -0.15) is 0 Å². The number of ether oxygens (including phenoxy) is 1. The molecule has 0 bridgehead atoms. The molecule has 144 valence electrons. The van der Waals surface area contributed by atoms with Gasteiger partial charge in [-0.15, -0.1) is 0 Å². The average molecular weight is 447 g/mol. The van der Waals surface area contributed by atoms with Crippen molar-refractivity contribution in [1.82, 2.24) is 15.5 Å². The van der Waals surface area contributed by atoms with Gasteiger partial charge in [-0.05, 0) is 29.1 Å². The second-order valence-corrected chi connectivity index (χ2v) is 8.78. The zero-order valence-electron chi connectivity index (χ0n) is 14.3. The van der Waals surface area contributed by atoms with Crippen LogP contribution in [0, 0.1) is 0 Å². The lowest BCUT2D eigenvalue weighted by Gasteiger charge is -2.34. The molecule has 0 aliphatic carbocycles. The maximum atomic E-state index is 12.9. The number of carbonyl (C=O) groups is 1. The molecule has 2 aromatic carbocycles. The van der Waals surface area contributed by atoms with Crippen LogP contribution >= 0.6 is 47.0 Å². The molecule has 0 saturated carbocycles. The molecule has 1 aliphatic rings. The molecule has 1 aliphatic heterocycles. The van der Waals surface area contributed by atoms with E-state index in [1.165, 1.54) is 0 Å². The Morgan fingerprint density at radius 1 is 1.07 bits per heavy atom. The van der Waals surface area contributed by atoms with Gasteiger partial charge in [0, 0.05) is 18.7 Å². The van der Waals surface area contributed by atoms with E-state index in [-0.39, 0.29) is 5.91 Å². The van der Waals surface area contributed by atoms with E-state index in [4.69, 9.17) is 51.8 Å². The van der Waals surface area contributed by atoms with Gasteiger partial charge in [-0.3, -0.25) is 4.79 Å². The summed E-state index contributed by atoms with van der Waals surface area (Å²) < 4.78 is 3.51. The van der Waals surface area contributed by atoms with Crippen LogP contribution in [-0.4, -0.2) is 52.2 Å². The van der Waals surface area contributed by atoms with E-state index in [1.54, 1.807) is 6.07 Å². The van der Waals surface area contributed by atoms with Crippen molar-refractivity contribution in [1.29, 1.82) is 0 Å². The number of alkyl halides is 3. The van der Waals surface area contributed by atoms with Crippen molar-refractivity contribution in [2.45, 2.75) is 9.96 Å². The number of rotatable bonds is 3. The monoisotopic (exact) mass is 445 g/mol. The Hall–Kier alpha value is -1.31. The number of fused-ring (bicyclic) bond motifs is 1. The van der Waals surface area contributed by atoms with Gasteiger partial charge in [0.1, 0.15) is 6.17 Å². The van der Waals surface area contributed by atoms with Gasteiger partial charge < -0.3 is 20.3 Å². The maximum absolute atomic E-state index is 12.9. The van der Waals surface area contributed by atoms with E-state index in [9.17, 15) is 4.79 Å². The van der Waals surface area contributed by atoms with Crippen molar-refractivity contribution in [3.63, 3.8) is 0 Å². The Morgan fingerprint density at radius 2 is 1.74 bits per heavy atom. The summed E-state index contributed by atoms with van der Waals surface area (Å²) >= 11 is 23.6. The summed E-state index contributed by atoms with van der Waals surface area (Å²) in [5.41, 5.74) is 0.492. The molecule has 2 aromatic rings. The van der Waals surface area contributed by atoms with Gasteiger partial charge in [0.2, 0.25) is 3.79 Å². The van der Waals surface area contributed by atoms with E-state index in [0.29, 0.717) is 37.0 Å². The zero-order valence-corrected chi connectivity index (χ0v) is 17.3. The first-order valence-corrected chi connectivity index (χ1v) is 9.89. The fourth-order valence-corrected chi connectivity index (χ4v) is 3.44. The lowest BCUT2D eigenvalue weighted by Crippen LogP contribution is -2.59. The Kier molecular flexibility index (Phi) is 6.65. The van der Waals surface area contributed by atoms with Crippen molar-refractivity contribution in [3.8, 4) is 0 Å². The van der Waals surface area contributed by atoms with Gasteiger partial charge in [-0.1, -0.05) is 71.2 Å². The van der Waals surface area contributed by atoms with Crippen molar-refractivity contribution < 1.29 is 9.53 Å². The molecule has 5 nitrogen and oxygen atoms in total. The maximum Gasteiger partial charge on any atom is 0.253 e. The number of amides is 1. The average Bonchev–Trinajstić information content (AvgIpc) is 2.66. The number of halogens is 3. The molecule has 27 heavy (non-hydrogen) atoms. The van der Waals surface area contributed by atoms with E-state index in [0.717, 1.165) is 10.8 Å². The molecule has 1 heterocycles. The Balaban J connectivity index is 1.77. The third-order valence-electron chi connectivity index (χ3n) is 4.20. The number of nitrogens with zero attached hydrogens (tertiary/aromatic N) is 1. The normalized spacial score (nSPS) is 16.0. The Labute approximate surface area is 177 Å². The molecule has 1 amide bonds. The van der Waals surface area contributed by atoms with Gasteiger partial charge in [0.15, 0.2) is 5.11 Å². The van der Waals surface area contributed by atoms with Crippen LogP contribution in [0.1, 0.15) is 10.4 Å². The standard InChI is InChI=1S/C18H18Cl3N3O2S/c19-18(20,21)16(23-17(27)24-8-10-26-11-9-24)22-15(25)14-7-3-5-12-4-1-2-6-13(12)14/h1-7,16H,8-11H2,(H,22,25)(H,23,27)/t16-/m0/s1. The molecule has 0 spiro atoms. The topological polar surface area (TPSA) is 53.6 Å². The number of hydrogen-bond donors (Lipinski definition) is 2. The first-order valence-electron chi connectivity index (χ1n) is 8.35. The molecule has 0 radical (unpaired) electrons. The van der Waals surface area contributed by atoms with Crippen molar-refractivity contribution in [3.05, 3.63) is 48.0 Å². The zero-order chi connectivity index (χ0) is 19.4. The van der Waals surface area contributed by atoms with Crippen LogP contribution in [0.3, 0.4) is 0 Å². The largest absolute Gasteiger partial charge is 0.378 e. The van der Waals surface area contributed by atoms with Crippen LogP contribution in [0.15, 0.2) is 42.5 Å². The van der Waals surface area contributed by atoms with Crippen molar-refractivity contribution >= 4 is 68.8 Å². The van der Waals surface area contributed by atoms with Gasteiger partial charge >= 0.3 is 0 Å². The molecule has 1 saturated heterocycles. The third-order valence-corrected chi connectivity index (χ3v) is 5.23. The number of morpholine rings is 1. The summed E-state index contributed by atoms with van der Waals surface area (Å²) in [5, 5.41) is 7.86.